The van der Waals surface area contributed by atoms with E-state index in [1.54, 1.807) is 20.8 Å². The van der Waals surface area contributed by atoms with Gasteiger partial charge >= 0.3 is 6.09 Å². The summed E-state index contributed by atoms with van der Waals surface area (Å²) < 4.78 is 10.5. The number of hydrogen-bond donors (Lipinski definition) is 1. The van der Waals surface area contributed by atoms with Crippen molar-refractivity contribution in [1.29, 1.82) is 0 Å². The number of hydrogen-bond acceptors (Lipinski definition) is 4. The molecule has 0 aromatic rings. The Morgan fingerprint density at radius 1 is 1.41 bits per heavy atom. The van der Waals surface area contributed by atoms with Crippen LogP contribution >= 0.6 is 0 Å². The molecule has 0 aromatic heterocycles. The summed E-state index contributed by atoms with van der Waals surface area (Å²) in [5.74, 6) is -0.555. The summed E-state index contributed by atoms with van der Waals surface area (Å²) in [5, 5.41) is 0. The normalized spacial score (nSPS) is 21.8. The predicted molar refractivity (Wildman–Crippen MR) is 61.4 cm³/mol. The molecule has 98 valence electrons. The minimum Gasteiger partial charge on any atom is -0.444 e. The molecule has 6 heteroatoms. The molecule has 1 atom stereocenters. The van der Waals surface area contributed by atoms with Crippen molar-refractivity contribution in [3.05, 3.63) is 0 Å². The summed E-state index contributed by atoms with van der Waals surface area (Å²) >= 11 is 0. The zero-order valence-corrected chi connectivity index (χ0v) is 10.6. The van der Waals surface area contributed by atoms with Crippen molar-refractivity contribution in [2.75, 3.05) is 19.7 Å². The van der Waals surface area contributed by atoms with Crippen LogP contribution in [0, 0.1) is 0 Å². The van der Waals surface area contributed by atoms with Gasteiger partial charge in [0.05, 0.1) is 6.54 Å². The summed E-state index contributed by atoms with van der Waals surface area (Å²) in [6.07, 6.45) is -0.512. The van der Waals surface area contributed by atoms with E-state index in [0.717, 1.165) is 0 Å². The number of carbonyl (C=O) groups is 2. The number of nitrogens with zero attached hydrogens (tertiary/aromatic N) is 1. The number of carbonyl (C=O) groups excluding carboxylic acids is 2. The van der Waals surface area contributed by atoms with Gasteiger partial charge in [0.25, 0.3) is 0 Å². The van der Waals surface area contributed by atoms with E-state index in [0.29, 0.717) is 19.6 Å². The Bertz CT molecular complexity index is 298. The van der Waals surface area contributed by atoms with Crippen LogP contribution in [0.4, 0.5) is 4.79 Å². The van der Waals surface area contributed by atoms with Crippen LogP contribution in [0.1, 0.15) is 27.2 Å². The zero-order chi connectivity index (χ0) is 13.1. The summed E-state index contributed by atoms with van der Waals surface area (Å²) in [5.41, 5.74) is 4.63. The summed E-state index contributed by atoms with van der Waals surface area (Å²) in [7, 11) is 0. The molecule has 0 unspecified atom stereocenters. The molecule has 1 saturated heterocycles. The van der Waals surface area contributed by atoms with Gasteiger partial charge in [-0.15, -0.1) is 0 Å². The fourth-order valence-corrected chi connectivity index (χ4v) is 1.49. The van der Waals surface area contributed by atoms with E-state index >= 15 is 0 Å². The smallest absolute Gasteiger partial charge is 0.410 e. The van der Waals surface area contributed by atoms with Gasteiger partial charge in [-0.1, -0.05) is 0 Å². The molecular formula is C11H20N2O4. The lowest BCUT2D eigenvalue weighted by Gasteiger charge is -2.27. The second-order valence-corrected chi connectivity index (χ2v) is 5.04. The lowest BCUT2D eigenvalue weighted by Crippen LogP contribution is -2.44. The maximum absolute atomic E-state index is 11.8. The van der Waals surface area contributed by atoms with Crippen molar-refractivity contribution in [1.82, 2.24) is 4.90 Å². The number of primary amides is 1. The van der Waals surface area contributed by atoms with E-state index < -0.39 is 23.7 Å². The van der Waals surface area contributed by atoms with Gasteiger partial charge in [-0.3, -0.25) is 4.79 Å². The van der Waals surface area contributed by atoms with Gasteiger partial charge in [-0.05, 0) is 27.2 Å². The van der Waals surface area contributed by atoms with Gasteiger partial charge in [-0.2, -0.15) is 0 Å². The third kappa shape index (κ3) is 4.60. The molecule has 1 fully saturated rings. The van der Waals surface area contributed by atoms with Crippen molar-refractivity contribution in [2.24, 2.45) is 5.73 Å². The Labute approximate surface area is 101 Å². The second kappa shape index (κ2) is 5.35. The monoisotopic (exact) mass is 244 g/mol. The fourth-order valence-electron chi connectivity index (χ4n) is 1.49. The Morgan fingerprint density at radius 2 is 2.06 bits per heavy atom. The molecule has 2 amide bonds. The molecule has 2 N–H and O–H groups in total. The van der Waals surface area contributed by atoms with Crippen molar-refractivity contribution in [3.8, 4) is 0 Å². The average Bonchev–Trinajstić information content (AvgIpc) is 2.39. The van der Waals surface area contributed by atoms with E-state index in [1.807, 2.05) is 0 Å². The predicted octanol–water partition coefficient (Wildman–Crippen LogP) is 0.498. The SMILES string of the molecule is CC(C)(C)OC(=O)N1CCCO[C@H](C(N)=O)C1. The van der Waals surface area contributed by atoms with Gasteiger partial charge in [-0.25, -0.2) is 4.79 Å². The first kappa shape index (κ1) is 13.8. The number of rotatable bonds is 1. The Hall–Kier alpha value is -1.30. The highest BCUT2D eigenvalue weighted by atomic mass is 16.6. The molecule has 1 heterocycles. The van der Waals surface area contributed by atoms with Crippen LogP contribution in [0.2, 0.25) is 0 Å². The molecule has 0 spiro atoms. The van der Waals surface area contributed by atoms with Gasteiger partial charge < -0.3 is 20.1 Å². The Balaban J connectivity index is 2.62. The van der Waals surface area contributed by atoms with E-state index in [-0.39, 0.29) is 6.54 Å². The van der Waals surface area contributed by atoms with Crippen LogP contribution < -0.4 is 5.73 Å². The maximum atomic E-state index is 11.8. The van der Waals surface area contributed by atoms with Crippen LogP contribution in [0.15, 0.2) is 0 Å². The summed E-state index contributed by atoms with van der Waals surface area (Å²) in [6, 6.07) is 0. The zero-order valence-electron chi connectivity index (χ0n) is 10.6. The molecule has 0 aliphatic carbocycles. The second-order valence-electron chi connectivity index (χ2n) is 5.04. The quantitative estimate of drug-likeness (QED) is 0.728. The number of amides is 2. The third-order valence-electron chi connectivity index (χ3n) is 2.25. The molecule has 0 radical (unpaired) electrons. The van der Waals surface area contributed by atoms with Gasteiger partial charge in [0.15, 0.2) is 6.10 Å². The maximum Gasteiger partial charge on any atom is 0.410 e. The standard InChI is InChI=1S/C11H20N2O4/c1-11(2,3)17-10(15)13-5-4-6-16-8(7-13)9(12)14/h8H,4-7H2,1-3H3,(H2,12,14)/t8-/m0/s1. The highest BCUT2D eigenvalue weighted by Crippen LogP contribution is 2.13. The summed E-state index contributed by atoms with van der Waals surface area (Å²) in [6.45, 7) is 6.48. The molecule has 0 bridgehead atoms. The molecule has 0 aromatic carbocycles. The lowest BCUT2D eigenvalue weighted by molar-refractivity contribution is -0.129. The highest BCUT2D eigenvalue weighted by Gasteiger charge is 2.28. The van der Waals surface area contributed by atoms with Crippen LogP contribution in [-0.4, -0.2) is 48.3 Å². The highest BCUT2D eigenvalue weighted by molar-refractivity contribution is 5.80. The first-order valence-electron chi connectivity index (χ1n) is 5.68. The molecular weight excluding hydrogens is 224 g/mol. The van der Waals surface area contributed by atoms with Crippen molar-refractivity contribution >= 4 is 12.0 Å². The van der Waals surface area contributed by atoms with Gasteiger partial charge in [0.1, 0.15) is 5.60 Å². The van der Waals surface area contributed by atoms with E-state index in [4.69, 9.17) is 15.2 Å². The van der Waals surface area contributed by atoms with Crippen LogP contribution in [0.5, 0.6) is 0 Å². The first-order chi connectivity index (χ1) is 7.79. The minimum atomic E-state index is -0.745. The number of nitrogens with two attached hydrogens (primary N) is 1. The van der Waals surface area contributed by atoms with Crippen LogP contribution in [0.25, 0.3) is 0 Å². The molecule has 1 aliphatic rings. The van der Waals surface area contributed by atoms with Gasteiger partial charge in [0, 0.05) is 13.2 Å². The Morgan fingerprint density at radius 3 is 2.59 bits per heavy atom. The van der Waals surface area contributed by atoms with Crippen LogP contribution in [-0.2, 0) is 14.3 Å². The van der Waals surface area contributed by atoms with Gasteiger partial charge in [0.2, 0.25) is 5.91 Å². The van der Waals surface area contributed by atoms with E-state index in [2.05, 4.69) is 0 Å². The topological polar surface area (TPSA) is 81.9 Å². The van der Waals surface area contributed by atoms with Crippen LogP contribution in [0.3, 0.4) is 0 Å². The lowest BCUT2D eigenvalue weighted by atomic mass is 10.2. The minimum absolute atomic E-state index is 0.157. The Kier molecular flexibility index (Phi) is 4.34. The van der Waals surface area contributed by atoms with Crippen molar-refractivity contribution in [2.45, 2.75) is 38.9 Å². The molecule has 1 rings (SSSR count). The largest absolute Gasteiger partial charge is 0.444 e. The molecule has 1 aliphatic heterocycles. The average molecular weight is 244 g/mol. The number of ether oxygens (including phenoxy) is 2. The fraction of sp³-hybridized carbons (Fsp3) is 0.818. The third-order valence-corrected chi connectivity index (χ3v) is 2.25. The van der Waals surface area contributed by atoms with E-state index in [1.165, 1.54) is 4.90 Å². The molecule has 6 nitrogen and oxygen atoms in total. The van der Waals surface area contributed by atoms with Crippen molar-refractivity contribution < 1.29 is 19.1 Å². The molecule has 17 heavy (non-hydrogen) atoms. The molecule has 0 saturated carbocycles. The van der Waals surface area contributed by atoms with Crippen molar-refractivity contribution in [3.63, 3.8) is 0 Å². The summed E-state index contributed by atoms with van der Waals surface area (Å²) in [4.78, 5) is 24.4. The first-order valence-corrected chi connectivity index (χ1v) is 5.68. The van der Waals surface area contributed by atoms with E-state index in [9.17, 15) is 9.59 Å².